The number of hydrogen-bond acceptors (Lipinski definition) is 2. The molecule has 2 aliphatic carbocycles. The van der Waals surface area contributed by atoms with E-state index in [4.69, 9.17) is 11.6 Å². The zero-order valence-electron chi connectivity index (χ0n) is 11.1. The summed E-state index contributed by atoms with van der Waals surface area (Å²) in [5.41, 5.74) is 0. The van der Waals surface area contributed by atoms with Crippen molar-refractivity contribution in [1.29, 1.82) is 0 Å². The average molecular weight is 268 g/mol. The Hall–Kier alpha value is -0.570. The molecule has 4 heteroatoms. The van der Waals surface area contributed by atoms with E-state index in [9.17, 15) is 0 Å². The summed E-state index contributed by atoms with van der Waals surface area (Å²) < 4.78 is 2.24. The fourth-order valence-corrected chi connectivity index (χ4v) is 3.60. The van der Waals surface area contributed by atoms with Crippen LogP contribution in [-0.4, -0.2) is 14.8 Å². The molecule has 3 nitrogen and oxygen atoms in total. The number of aromatic nitrogens is 3. The highest BCUT2D eigenvalue weighted by Gasteiger charge is 2.33. The molecule has 3 rings (SSSR count). The van der Waals surface area contributed by atoms with Crippen molar-refractivity contribution in [3.63, 3.8) is 0 Å². The second-order valence-corrected chi connectivity index (χ2v) is 6.27. The van der Waals surface area contributed by atoms with Gasteiger partial charge in [0, 0.05) is 12.0 Å². The van der Waals surface area contributed by atoms with Crippen LogP contribution in [0.25, 0.3) is 0 Å². The fraction of sp³-hybridized carbons (Fsp3) is 0.857. The molecule has 1 aromatic rings. The largest absolute Gasteiger partial charge is 0.298 e. The van der Waals surface area contributed by atoms with Gasteiger partial charge in [-0.25, -0.2) is 0 Å². The minimum Gasteiger partial charge on any atom is -0.298 e. The molecular formula is C14H22ClN3. The molecule has 1 heterocycles. The third-order valence-electron chi connectivity index (χ3n) is 4.50. The quantitative estimate of drug-likeness (QED) is 0.812. The lowest BCUT2D eigenvalue weighted by atomic mass is 9.83. The van der Waals surface area contributed by atoms with Gasteiger partial charge in [-0.1, -0.05) is 19.8 Å². The molecule has 2 aliphatic rings. The van der Waals surface area contributed by atoms with Crippen LogP contribution in [0, 0.1) is 5.92 Å². The number of nitrogens with zero attached hydrogens (tertiary/aromatic N) is 3. The molecule has 0 aliphatic heterocycles. The summed E-state index contributed by atoms with van der Waals surface area (Å²) in [6.45, 7) is 2.29. The molecule has 0 bridgehead atoms. The maximum Gasteiger partial charge on any atom is 0.225 e. The molecule has 1 aromatic heterocycles. The van der Waals surface area contributed by atoms with Gasteiger partial charge in [0.05, 0.1) is 0 Å². The lowest BCUT2D eigenvalue weighted by Crippen LogP contribution is -2.20. The van der Waals surface area contributed by atoms with E-state index >= 15 is 0 Å². The van der Waals surface area contributed by atoms with Crippen LogP contribution in [0.2, 0.25) is 5.28 Å². The number of halogens is 1. The SMILES string of the molecule is CCCC1CCC(n2c(Cl)nnc2C2CC2)CC1. The van der Waals surface area contributed by atoms with Gasteiger partial charge in [-0.15, -0.1) is 10.2 Å². The topological polar surface area (TPSA) is 30.7 Å². The van der Waals surface area contributed by atoms with Gasteiger partial charge in [0.1, 0.15) is 5.82 Å². The predicted molar refractivity (Wildman–Crippen MR) is 72.9 cm³/mol. The molecule has 0 spiro atoms. The molecule has 0 saturated heterocycles. The van der Waals surface area contributed by atoms with Crippen molar-refractivity contribution in [2.45, 2.75) is 70.3 Å². The second kappa shape index (κ2) is 5.20. The van der Waals surface area contributed by atoms with Gasteiger partial charge in [0.2, 0.25) is 5.28 Å². The first-order chi connectivity index (χ1) is 8.79. The first-order valence-corrected chi connectivity index (χ1v) is 7.77. The van der Waals surface area contributed by atoms with E-state index in [1.165, 1.54) is 51.4 Å². The average Bonchev–Trinajstić information content (AvgIpc) is 3.15. The van der Waals surface area contributed by atoms with Crippen LogP contribution < -0.4 is 0 Å². The van der Waals surface area contributed by atoms with Gasteiger partial charge in [-0.3, -0.25) is 4.57 Å². The number of hydrogen-bond donors (Lipinski definition) is 0. The molecule has 0 amide bonds. The summed E-state index contributed by atoms with van der Waals surface area (Å²) in [7, 11) is 0. The normalized spacial score (nSPS) is 28.6. The van der Waals surface area contributed by atoms with Gasteiger partial charge in [0.15, 0.2) is 0 Å². The molecule has 0 unspecified atom stereocenters. The Morgan fingerprint density at radius 1 is 1.11 bits per heavy atom. The Bertz CT molecular complexity index is 403. The molecule has 0 atom stereocenters. The standard InChI is InChI=1S/C14H22ClN3/c1-2-3-10-4-8-12(9-5-10)18-13(11-6-7-11)16-17-14(18)15/h10-12H,2-9H2,1H3. The van der Waals surface area contributed by atoms with Crippen molar-refractivity contribution in [2.24, 2.45) is 5.92 Å². The van der Waals surface area contributed by atoms with E-state index in [1.54, 1.807) is 0 Å². The van der Waals surface area contributed by atoms with E-state index in [-0.39, 0.29) is 0 Å². The van der Waals surface area contributed by atoms with Crippen molar-refractivity contribution in [2.75, 3.05) is 0 Å². The van der Waals surface area contributed by atoms with Gasteiger partial charge in [-0.2, -0.15) is 0 Å². The lowest BCUT2D eigenvalue weighted by molar-refractivity contribution is 0.259. The zero-order valence-corrected chi connectivity index (χ0v) is 11.9. The van der Waals surface area contributed by atoms with Crippen molar-refractivity contribution in [3.05, 3.63) is 11.1 Å². The van der Waals surface area contributed by atoms with Gasteiger partial charge in [0.25, 0.3) is 0 Å². The van der Waals surface area contributed by atoms with Crippen molar-refractivity contribution in [3.8, 4) is 0 Å². The molecule has 100 valence electrons. The van der Waals surface area contributed by atoms with Gasteiger partial charge < -0.3 is 0 Å². The molecular weight excluding hydrogens is 246 g/mol. The third kappa shape index (κ3) is 2.42. The fourth-order valence-electron chi connectivity index (χ4n) is 3.34. The summed E-state index contributed by atoms with van der Waals surface area (Å²) in [6.07, 6.45) is 10.4. The van der Waals surface area contributed by atoms with Gasteiger partial charge >= 0.3 is 0 Å². The molecule has 0 N–H and O–H groups in total. The highest BCUT2D eigenvalue weighted by molar-refractivity contribution is 6.28. The number of rotatable bonds is 4. The third-order valence-corrected chi connectivity index (χ3v) is 4.76. The first kappa shape index (κ1) is 12.5. The minimum atomic E-state index is 0.552. The first-order valence-electron chi connectivity index (χ1n) is 7.40. The molecule has 2 saturated carbocycles. The van der Waals surface area contributed by atoms with Crippen LogP contribution in [-0.2, 0) is 0 Å². The maximum absolute atomic E-state index is 6.24. The Morgan fingerprint density at radius 2 is 1.83 bits per heavy atom. The Balaban J connectivity index is 1.70. The monoisotopic (exact) mass is 267 g/mol. The van der Waals surface area contributed by atoms with Crippen molar-refractivity contribution >= 4 is 11.6 Å². The van der Waals surface area contributed by atoms with Crippen molar-refractivity contribution in [1.82, 2.24) is 14.8 Å². The zero-order chi connectivity index (χ0) is 12.5. The predicted octanol–water partition coefficient (Wildman–Crippen LogP) is 4.34. The van der Waals surface area contributed by atoms with E-state index in [0.717, 1.165) is 11.7 Å². The Labute approximate surface area is 114 Å². The van der Waals surface area contributed by atoms with Crippen LogP contribution >= 0.6 is 11.6 Å². The highest BCUT2D eigenvalue weighted by atomic mass is 35.5. The van der Waals surface area contributed by atoms with Crippen molar-refractivity contribution < 1.29 is 0 Å². The summed E-state index contributed by atoms with van der Waals surface area (Å²) in [4.78, 5) is 0. The van der Waals surface area contributed by atoms with Crippen LogP contribution in [0.1, 0.15) is 76.1 Å². The van der Waals surface area contributed by atoms with Gasteiger partial charge in [-0.05, 0) is 56.0 Å². The summed E-state index contributed by atoms with van der Waals surface area (Å²) in [6, 6.07) is 0.552. The second-order valence-electron chi connectivity index (χ2n) is 5.93. The Kier molecular flexibility index (Phi) is 3.60. The van der Waals surface area contributed by atoms with Crippen LogP contribution in [0.3, 0.4) is 0 Å². The lowest BCUT2D eigenvalue weighted by Gasteiger charge is -2.30. The molecule has 18 heavy (non-hydrogen) atoms. The van der Waals surface area contributed by atoms with Crippen LogP contribution in [0.15, 0.2) is 0 Å². The smallest absolute Gasteiger partial charge is 0.225 e. The van der Waals surface area contributed by atoms with E-state index in [1.807, 2.05) is 0 Å². The highest BCUT2D eigenvalue weighted by Crippen LogP contribution is 2.43. The molecule has 0 aromatic carbocycles. The van der Waals surface area contributed by atoms with E-state index in [2.05, 4.69) is 21.7 Å². The van der Waals surface area contributed by atoms with E-state index in [0.29, 0.717) is 17.2 Å². The minimum absolute atomic E-state index is 0.552. The molecule has 0 radical (unpaired) electrons. The van der Waals surface area contributed by atoms with E-state index < -0.39 is 0 Å². The van der Waals surface area contributed by atoms with Crippen LogP contribution in [0.4, 0.5) is 0 Å². The summed E-state index contributed by atoms with van der Waals surface area (Å²) >= 11 is 6.24. The maximum atomic E-state index is 6.24. The molecule has 2 fully saturated rings. The summed E-state index contributed by atoms with van der Waals surface area (Å²) in [5.74, 6) is 2.73. The summed E-state index contributed by atoms with van der Waals surface area (Å²) in [5, 5.41) is 8.98. The van der Waals surface area contributed by atoms with Crippen LogP contribution in [0.5, 0.6) is 0 Å². The Morgan fingerprint density at radius 3 is 2.44 bits per heavy atom.